The maximum atomic E-state index is 13.0. The van der Waals surface area contributed by atoms with Gasteiger partial charge >= 0.3 is 0 Å². The molecule has 0 aliphatic carbocycles. The van der Waals surface area contributed by atoms with E-state index in [-0.39, 0.29) is 6.04 Å². The smallest absolute Gasteiger partial charge is 0.223 e. The van der Waals surface area contributed by atoms with E-state index in [1.165, 1.54) is 30.4 Å². The molecule has 0 bridgehead atoms. The maximum absolute atomic E-state index is 13.0. The van der Waals surface area contributed by atoms with E-state index in [0.717, 1.165) is 32.5 Å². The molecule has 2 aliphatic heterocycles. The van der Waals surface area contributed by atoms with Crippen LogP contribution in [0.2, 0.25) is 0 Å². The second kappa shape index (κ2) is 8.15. The third-order valence-electron chi connectivity index (χ3n) is 5.92. The SMILES string of the molecule is Cc1ccc(C2CCCCN2C(=O)CC(C)C2CCCNC2)cc1. The molecule has 2 fully saturated rings. The Hall–Kier alpha value is -1.35. The first kappa shape index (κ1) is 17.5. The molecule has 1 N–H and O–H groups in total. The average molecular weight is 329 g/mol. The van der Waals surface area contributed by atoms with Gasteiger partial charge in [0.1, 0.15) is 0 Å². The van der Waals surface area contributed by atoms with Crippen LogP contribution in [-0.4, -0.2) is 30.4 Å². The molecule has 3 atom stereocenters. The van der Waals surface area contributed by atoms with E-state index in [2.05, 4.69) is 48.3 Å². The number of carbonyl (C=O) groups excluding carboxylic acids is 1. The van der Waals surface area contributed by atoms with Crippen LogP contribution in [0.1, 0.15) is 62.6 Å². The number of likely N-dealkylation sites (tertiary alicyclic amines) is 1. The summed E-state index contributed by atoms with van der Waals surface area (Å²) in [4.78, 5) is 15.2. The zero-order valence-electron chi connectivity index (χ0n) is 15.3. The molecule has 0 saturated carbocycles. The van der Waals surface area contributed by atoms with Crippen LogP contribution in [-0.2, 0) is 4.79 Å². The van der Waals surface area contributed by atoms with Gasteiger partial charge in [-0.05, 0) is 69.5 Å². The molecule has 3 unspecified atom stereocenters. The highest BCUT2D eigenvalue weighted by molar-refractivity contribution is 5.77. The van der Waals surface area contributed by atoms with Crippen molar-refractivity contribution in [2.24, 2.45) is 11.8 Å². The van der Waals surface area contributed by atoms with Crippen molar-refractivity contribution in [2.75, 3.05) is 19.6 Å². The van der Waals surface area contributed by atoms with Gasteiger partial charge in [0.05, 0.1) is 6.04 Å². The number of nitrogens with one attached hydrogen (secondary N) is 1. The minimum absolute atomic E-state index is 0.281. The van der Waals surface area contributed by atoms with Gasteiger partial charge in [-0.3, -0.25) is 4.79 Å². The molecule has 1 aromatic carbocycles. The van der Waals surface area contributed by atoms with Gasteiger partial charge in [0.25, 0.3) is 0 Å². The van der Waals surface area contributed by atoms with Crippen LogP contribution in [0.5, 0.6) is 0 Å². The van der Waals surface area contributed by atoms with E-state index in [0.29, 0.717) is 24.2 Å². The van der Waals surface area contributed by atoms with E-state index >= 15 is 0 Å². The van der Waals surface area contributed by atoms with Crippen molar-refractivity contribution in [3.05, 3.63) is 35.4 Å². The van der Waals surface area contributed by atoms with Crippen molar-refractivity contribution < 1.29 is 4.79 Å². The van der Waals surface area contributed by atoms with Gasteiger partial charge < -0.3 is 10.2 Å². The van der Waals surface area contributed by atoms with Crippen molar-refractivity contribution in [3.8, 4) is 0 Å². The lowest BCUT2D eigenvalue weighted by molar-refractivity contribution is -0.136. The molecule has 0 spiro atoms. The quantitative estimate of drug-likeness (QED) is 0.903. The van der Waals surface area contributed by atoms with E-state index < -0.39 is 0 Å². The second-order valence-electron chi connectivity index (χ2n) is 7.80. The summed E-state index contributed by atoms with van der Waals surface area (Å²) in [5.74, 6) is 1.49. The summed E-state index contributed by atoms with van der Waals surface area (Å²) in [6.45, 7) is 7.52. The molecule has 3 rings (SSSR count). The van der Waals surface area contributed by atoms with Crippen LogP contribution in [0.4, 0.5) is 0 Å². The molecule has 132 valence electrons. The highest BCUT2D eigenvalue weighted by Crippen LogP contribution is 2.33. The van der Waals surface area contributed by atoms with Gasteiger partial charge in [0.15, 0.2) is 0 Å². The van der Waals surface area contributed by atoms with E-state index in [1.807, 2.05) is 0 Å². The lowest BCUT2D eigenvalue weighted by atomic mass is 9.84. The standard InChI is InChI=1S/C21H32N2O/c1-16-8-10-18(11-9-16)20-7-3-4-13-23(20)21(24)14-17(2)19-6-5-12-22-15-19/h8-11,17,19-20,22H,3-7,12-15H2,1-2H3. The van der Waals surface area contributed by atoms with Crippen molar-refractivity contribution in [2.45, 2.75) is 58.4 Å². The maximum Gasteiger partial charge on any atom is 0.223 e. The molecule has 3 nitrogen and oxygen atoms in total. The summed E-state index contributed by atoms with van der Waals surface area (Å²) in [7, 11) is 0. The number of piperidine rings is 2. The zero-order valence-corrected chi connectivity index (χ0v) is 15.3. The highest BCUT2D eigenvalue weighted by atomic mass is 16.2. The molecule has 3 heteroatoms. The van der Waals surface area contributed by atoms with Crippen LogP contribution in [0.25, 0.3) is 0 Å². The van der Waals surface area contributed by atoms with E-state index in [9.17, 15) is 4.79 Å². The summed E-state index contributed by atoms with van der Waals surface area (Å²) in [6.07, 6.45) is 6.70. The second-order valence-corrected chi connectivity index (χ2v) is 7.80. The number of hydrogen-bond donors (Lipinski definition) is 1. The first-order valence-corrected chi connectivity index (χ1v) is 9.72. The van der Waals surface area contributed by atoms with Crippen LogP contribution in [0.15, 0.2) is 24.3 Å². The summed E-state index contributed by atoms with van der Waals surface area (Å²) in [5.41, 5.74) is 2.59. The van der Waals surface area contributed by atoms with Crippen molar-refractivity contribution >= 4 is 5.91 Å². The van der Waals surface area contributed by atoms with Crippen LogP contribution in [0.3, 0.4) is 0 Å². The third kappa shape index (κ3) is 4.18. The van der Waals surface area contributed by atoms with Gasteiger partial charge in [0, 0.05) is 13.0 Å². The van der Waals surface area contributed by atoms with Crippen molar-refractivity contribution in [1.29, 1.82) is 0 Å². The summed E-state index contributed by atoms with van der Waals surface area (Å²) in [5, 5.41) is 3.48. The Morgan fingerprint density at radius 1 is 1.21 bits per heavy atom. The van der Waals surface area contributed by atoms with Gasteiger partial charge in [-0.2, -0.15) is 0 Å². The number of rotatable bonds is 4. The Morgan fingerprint density at radius 3 is 2.71 bits per heavy atom. The Kier molecular flexibility index (Phi) is 5.94. The summed E-state index contributed by atoms with van der Waals surface area (Å²) in [6, 6.07) is 9.04. The minimum atomic E-state index is 0.281. The number of benzene rings is 1. The molecule has 1 aromatic rings. The molecule has 1 amide bonds. The summed E-state index contributed by atoms with van der Waals surface area (Å²) >= 11 is 0. The first-order valence-electron chi connectivity index (χ1n) is 9.72. The summed E-state index contributed by atoms with van der Waals surface area (Å²) < 4.78 is 0. The molecular weight excluding hydrogens is 296 g/mol. The van der Waals surface area contributed by atoms with Gasteiger partial charge in [-0.1, -0.05) is 36.8 Å². The highest BCUT2D eigenvalue weighted by Gasteiger charge is 2.30. The molecule has 24 heavy (non-hydrogen) atoms. The van der Waals surface area contributed by atoms with Gasteiger partial charge in [-0.25, -0.2) is 0 Å². The van der Waals surface area contributed by atoms with Crippen molar-refractivity contribution in [1.82, 2.24) is 10.2 Å². The fourth-order valence-corrected chi connectivity index (χ4v) is 4.29. The third-order valence-corrected chi connectivity index (χ3v) is 5.92. The van der Waals surface area contributed by atoms with Gasteiger partial charge in [0.2, 0.25) is 5.91 Å². The number of carbonyl (C=O) groups is 1. The van der Waals surface area contributed by atoms with E-state index in [1.54, 1.807) is 0 Å². The molecular formula is C21H32N2O. The number of aryl methyl sites for hydroxylation is 1. The number of hydrogen-bond acceptors (Lipinski definition) is 2. The topological polar surface area (TPSA) is 32.3 Å². The predicted octanol–water partition coefficient (Wildman–Crippen LogP) is 4.07. The molecule has 0 aromatic heterocycles. The largest absolute Gasteiger partial charge is 0.336 e. The molecule has 2 heterocycles. The lowest BCUT2D eigenvalue weighted by Gasteiger charge is -2.38. The normalized spacial score (nSPS) is 26.2. The number of nitrogens with zero attached hydrogens (tertiary/aromatic N) is 1. The monoisotopic (exact) mass is 328 g/mol. The molecule has 2 aliphatic rings. The van der Waals surface area contributed by atoms with Crippen molar-refractivity contribution in [3.63, 3.8) is 0 Å². The van der Waals surface area contributed by atoms with Crippen LogP contribution < -0.4 is 5.32 Å². The lowest BCUT2D eigenvalue weighted by Crippen LogP contribution is -2.41. The Labute approximate surface area is 146 Å². The van der Waals surface area contributed by atoms with E-state index in [4.69, 9.17) is 0 Å². The Morgan fingerprint density at radius 2 is 2.00 bits per heavy atom. The first-order chi connectivity index (χ1) is 11.6. The predicted molar refractivity (Wildman–Crippen MR) is 98.9 cm³/mol. The molecule has 0 radical (unpaired) electrons. The Balaban J connectivity index is 1.65. The minimum Gasteiger partial charge on any atom is -0.336 e. The Bertz CT molecular complexity index is 533. The fourth-order valence-electron chi connectivity index (χ4n) is 4.29. The number of amides is 1. The average Bonchev–Trinajstić information content (AvgIpc) is 2.63. The van der Waals surface area contributed by atoms with Crippen LogP contribution in [0, 0.1) is 18.8 Å². The van der Waals surface area contributed by atoms with Crippen LogP contribution >= 0.6 is 0 Å². The molecule has 2 saturated heterocycles. The fraction of sp³-hybridized carbons (Fsp3) is 0.667. The zero-order chi connectivity index (χ0) is 16.9. The van der Waals surface area contributed by atoms with Gasteiger partial charge in [-0.15, -0.1) is 0 Å².